The van der Waals surface area contributed by atoms with Crippen molar-refractivity contribution in [2.45, 2.75) is 49.8 Å². The summed E-state index contributed by atoms with van der Waals surface area (Å²) in [6.07, 6.45) is 7.27. The van der Waals surface area contributed by atoms with Crippen molar-refractivity contribution in [3.63, 3.8) is 0 Å². The van der Waals surface area contributed by atoms with E-state index in [1.807, 2.05) is 12.1 Å². The zero-order valence-electron chi connectivity index (χ0n) is 18.4. The van der Waals surface area contributed by atoms with Crippen LogP contribution in [0.15, 0.2) is 41.3 Å². The molecule has 8 heteroatoms. The Labute approximate surface area is 189 Å². The summed E-state index contributed by atoms with van der Waals surface area (Å²) in [5, 5.41) is 2.74. The van der Waals surface area contributed by atoms with E-state index in [1.54, 1.807) is 6.07 Å². The minimum absolute atomic E-state index is 0.145. The number of benzene rings is 2. The topological polar surface area (TPSA) is 84.9 Å². The molecule has 0 bridgehead atoms. The first-order valence-corrected chi connectivity index (χ1v) is 12.6. The zero-order chi connectivity index (χ0) is 22.6. The van der Waals surface area contributed by atoms with Gasteiger partial charge in [-0.25, -0.2) is 8.42 Å². The van der Waals surface area contributed by atoms with E-state index in [4.69, 9.17) is 9.47 Å². The first-order valence-electron chi connectivity index (χ1n) is 11.2. The average molecular weight is 459 g/mol. The fourth-order valence-corrected chi connectivity index (χ4v) is 5.88. The smallest absolute Gasteiger partial charge is 0.262 e. The van der Waals surface area contributed by atoms with Crippen molar-refractivity contribution in [3.05, 3.63) is 47.5 Å². The lowest BCUT2D eigenvalue weighted by molar-refractivity contribution is -0.118. The predicted octanol–water partition coefficient (Wildman–Crippen LogP) is 3.77. The minimum Gasteiger partial charge on any atom is -0.495 e. The summed E-state index contributed by atoms with van der Waals surface area (Å²) in [6.45, 7) is 0.861. The van der Waals surface area contributed by atoms with Crippen LogP contribution < -0.4 is 14.8 Å². The third-order valence-corrected chi connectivity index (χ3v) is 7.98. The van der Waals surface area contributed by atoms with Crippen molar-refractivity contribution in [3.8, 4) is 11.5 Å². The van der Waals surface area contributed by atoms with Crippen LogP contribution in [0.2, 0.25) is 0 Å². The van der Waals surface area contributed by atoms with Gasteiger partial charge in [-0.3, -0.25) is 4.79 Å². The molecule has 1 aliphatic carbocycles. The van der Waals surface area contributed by atoms with Crippen LogP contribution in [0, 0.1) is 0 Å². The quantitative estimate of drug-likeness (QED) is 0.683. The molecule has 32 heavy (non-hydrogen) atoms. The molecule has 0 spiro atoms. The van der Waals surface area contributed by atoms with Crippen molar-refractivity contribution in [2.24, 2.45) is 0 Å². The number of piperidine rings is 1. The molecule has 172 valence electrons. The number of hydrogen-bond acceptors (Lipinski definition) is 5. The zero-order valence-corrected chi connectivity index (χ0v) is 19.2. The van der Waals surface area contributed by atoms with Crippen LogP contribution in [-0.4, -0.2) is 45.4 Å². The van der Waals surface area contributed by atoms with Crippen LogP contribution >= 0.6 is 0 Å². The highest BCUT2D eigenvalue weighted by atomic mass is 32.2. The number of rotatable bonds is 7. The van der Waals surface area contributed by atoms with E-state index in [1.165, 1.54) is 47.5 Å². The summed E-state index contributed by atoms with van der Waals surface area (Å²) in [6, 6.07) is 10.5. The standard InChI is InChI=1S/C24H30N2O5S/c1-30-23-12-11-21(32(28,29)26-13-5-2-6-14-26)16-22(23)25-24(27)17-31-20-10-9-18-7-3-4-8-19(18)15-20/h9-12,15-16H,2-8,13-14,17H2,1H3,(H,25,27). The van der Waals surface area contributed by atoms with Crippen LogP contribution in [0.1, 0.15) is 43.2 Å². The van der Waals surface area contributed by atoms with Gasteiger partial charge in [0.15, 0.2) is 6.61 Å². The average Bonchev–Trinajstić information content (AvgIpc) is 2.83. The summed E-state index contributed by atoms with van der Waals surface area (Å²) < 4.78 is 38.5. The molecule has 1 fully saturated rings. The number of anilines is 1. The van der Waals surface area contributed by atoms with E-state index in [0.29, 0.717) is 30.3 Å². The molecule has 1 amide bonds. The number of nitrogens with zero attached hydrogens (tertiary/aromatic N) is 1. The molecule has 0 atom stereocenters. The second-order valence-corrected chi connectivity index (χ2v) is 10.2. The predicted molar refractivity (Wildman–Crippen MR) is 123 cm³/mol. The monoisotopic (exact) mass is 458 g/mol. The first-order chi connectivity index (χ1) is 15.5. The van der Waals surface area contributed by atoms with Crippen LogP contribution in [0.5, 0.6) is 11.5 Å². The summed E-state index contributed by atoms with van der Waals surface area (Å²) in [5.41, 5.74) is 2.94. The molecule has 2 aliphatic rings. The van der Waals surface area contributed by atoms with E-state index in [2.05, 4.69) is 11.4 Å². The van der Waals surface area contributed by atoms with Crippen LogP contribution in [0.3, 0.4) is 0 Å². The van der Waals surface area contributed by atoms with E-state index in [-0.39, 0.29) is 17.4 Å². The SMILES string of the molecule is COc1ccc(S(=O)(=O)N2CCCCC2)cc1NC(=O)COc1ccc2c(c1)CCCC2. The van der Waals surface area contributed by atoms with Crippen molar-refractivity contribution in [2.75, 3.05) is 32.1 Å². The molecule has 4 rings (SSSR count). The number of methoxy groups -OCH3 is 1. The van der Waals surface area contributed by atoms with Gasteiger partial charge in [-0.2, -0.15) is 4.31 Å². The maximum absolute atomic E-state index is 13.0. The molecule has 2 aromatic carbocycles. The molecular weight excluding hydrogens is 428 g/mol. The number of hydrogen-bond donors (Lipinski definition) is 1. The molecule has 1 N–H and O–H groups in total. The normalized spacial score (nSPS) is 16.8. The van der Waals surface area contributed by atoms with Crippen molar-refractivity contribution < 1.29 is 22.7 Å². The number of amides is 1. The second-order valence-electron chi connectivity index (χ2n) is 8.30. The molecule has 0 aromatic heterocycles. The van der Waals surface area contributed by atoms with Gasteiger partial charge in [-0.05, 0) is 80.0 Å². The van der Waals surface area contributed by atoms with Crippen LogP contribution in [0.25, 0.3) is 0 Å². The van der Waals surface area contributed by atoms with Crippen molar-refractivity contribution in [1.29, 1.82) is 0 Å². The number of nitrogens with one attached hydrogen (secondary N) is 1. The van der Waals surface area contributed by atoms with Crippen LogP contribution in [0.4, 0.5) is 5.69 Å². The summed E-state index contributed by atoms with van der Waals surface area (Å²) >= 11 is 0. The lowest BCUT2D eigenvalue weighted by Crippen LogP contribution is -2.35. The fourth-order valence-electron chi connectivity index (χ4n) is 4.33. The summed E-state index contributed by atoms with van der Waals surface area (Å²) in [7, 11) is -2.13. The van der Waals surface area contributed by atoms with Gasteiger partial charge >= 0.3 is 0 Å². The third-order valence-electron chi connectivity index (χ3n) is 6.09. The van der Waals surface area contributed by atoms with Gasteiger partial charge in [0.1, 0.15) is 11.5 Å². The number of ether oxygens (including phenoxy) is 2. The van der Waals surface area contributed by atoms with Gasteiger partial charge in [0, 0.05) is 13.1 Å². The third kappa shape index (κ3) is 5.07. The lowest BCUT2D eigenvalue weighted by Gasteiger charge is -2.26. The largest absolute Gasteiger partial charge is 0.495 e. The molecule has 7 nitrogen and oxygen atoms in total. The Bertz CT molecular complexity index is 1080. The molecule has 1 heterocycles. The Hall–Kier alpha value is -2.58. The van der Waals surface area contributed by atoms with Gasteiger partial charge in [0.2, 0.25) is 10.0 Å². The van der Waals surface area contributed by atoms with Crippen molar-refractivity contribution in [1.82, 2.24) is 4.31 Å². The number of aryl methyl sites for hydroxylation is 2. The number of fused-ring (bicyclic) bond motifs is 1. The van der Waals surface area contributed by atoms with Crippen molar-refractivity contribution >= 4 is 21.6 Å². The van der Waals surface area contributed by atoms with Gasteiger partial charge < -0.3 is 14.8 Å². The van der Waals surface area contributed by atoms with Gasteiger partial charge in [-0.15, -0.1) is 0 Å². The molecule has 0 saturated carbocycles. The Morgan fingerprint density at radius 1 is 0.969 bits per heavy atom. The van der Waals surface area contributed by atoms with E-state index in [0.717, 1.165) is 32.1 Å². The van der Waals surface area contributed by atoms with Crippen LogP contribution in [-0.2, 0) is 27.7 Å². The summed E-state index contributed by atoms with van der Waals surface area (Å²) in [5.74, 6) is 0.674. The molecule has 0 radical (unpaired) electrons. The Morgan fingerprint density at radius 2 is 1.72 bits per heavy atom. The van der Waals surface area contributed by atoms with E-state index in [9.17, 15) is 13.2 Å². The van der Waals surface area contributed by atoms with E-state index < -0.39 is 10.0 Å². The number of carbonyl (C=O) groups excluding carboxylic acids is 1. The maximum Gasteiger partial charge on any atom is 0.262 e. The lowest BCUT2D eigenvalue weighted by atomic mass is 9.92. The molecule has 2 aromatic rings. The van der Waals surface area contributed by atoms with Gasteiger partial charge in [-0.1, -0.05) is 12.5 Å². The number of carbonyl (C=O) groups is 1. The first kappa shape index (κ1) is 22.6. The molecule has 1 aliphatic heterocycles. The molecular formula is C24H30N2O5S. The Kier molecular flexibility index (Phi) is 7.01. The Morgan fingerprint density at radius 3 is 2.47 bits per heavy atom. The number of sulfonamides is 1. The highest BCUT2D eigenvalue weighted by molar-refractivity contribution is 7.89. The van der Waals surface area contributed by atoms with Gasteiger partial charge in [0.25, 0.3) is 5.91 Å². The highest BCUT2D eigenvalue weighted by Crippen LogP contribution is 2.30. The summed E-state index contributed by atoms with van der Waals surface area (Å²) in [4.78, 5) is 12.7. The minimum atomic E-state index is -3.61. The Balaban J connectivity index is 1.44. The molecule has 1 saturated heterocycles. The second kappa shape index (κ2) is 9.92. The fraction of sp³-hybridized carbons (Fsp3) is 0.458. The molecule has 0 unspecified atom stereocenters. The maximum atomic E-state index is 13.0. The highest BCUT2D eigenvalue weighted by Gasteiger charge is 2.27. The van der Waals surface area contributed by atoms with E-state index >= 15 is 0 Å². The van der Waals surface area contributed by atoms with Gasteiger partial charge in [0.05, 0.1) is 17.7 Å².